The quantitative estimate of drug-likeness (QED) is 0.844. The number of aromatic nitrogens is 2. The van der Waals surface area contributed by atoms with Gasteiger partial charge in [0.25, 0.3) is 0 Å². The molecular formula is C21H29N5. The number of rotatable bonds is 4. The smallest absolute Gasteiger partial charge is 0.159 e. The van der Waals surface area contributed by atoms with Crippen molar-refractivity contribution in [3.8, 4) is 11.4 Å². The summed E-state index contributed by atoms with van der Waals surface area (Å²) in [5, 5.41) is 0. The number of likely N-dealkylation sites (tertiary alicyclic amines) is 1. The van der Waals surface area contributed by atoms with Crippen molar-refractivity contribution in [2.75, 3.05) is 46.3 Å². The number of aryl methyl sites for hydroxylation is 1. The van der Waals surface area contributed by atoms with E-state index in [0.29, 0.717) is 0 Å². The Hall–Kier alpha value is -1.82. The fraction of sp³-hybridized carbons (Fsp3) is 0.524. The summed E-state index contributed by atoms with van der Waals surface area (Å²) in [6, 6.07) is 9.09. The summed E-state index contributed by atoms with van der Waals surface area (Å²) in [5.41, 5.74) is 3.54. The maximum atomic E-state index is 4.60. The van der Waals surface area contributed by atoms with Crippen LogP contribution < -0.4 is 0 Å². The van der Waals surface area contributed by atoms with Crippen molar-refractivity contribution in [3.05, 3.63) is 47.8 Å². The molecule has 2 fully saturated rings. The van der Waals surface area contributed by atoms with Crippen LogP contribution in [0.1, 0.15) is 17.5 Å². The van der Waals surface area contributed by atoms with Gasteiger partial charge in [0.1, 0.15) is 0 Å². The van der Waals surface area contributed by atoms with Crippen LogP contribution in [0.4, 0.5) is 0 Å². The average molecular weight is 351 g/mol. The molecule has 0 radical (unpaired) electrons. The molecule has 0 bridgehead atoms. The highest BCUT2D eigenvalue weighted by molar-refractivity contribution is 5.55. The number of nitrogens with zero attached hydrogens (tertiary/aromatic N) is 5. The average Bonchev–Trinajstić information content (AvgIpc) is 3.11. The summed E-state index contributed by atoms with van der Waals surface area (Å²) in [7, 11) is 2.22. The van der Waals surface area contributed by atoms with Crippen molar-refractivity contribution in [2.45, 2.75) is 25.9 Å². The predicted molar refractivity (Wildman–Crippen MR) is 105 cm³/mol. The Bertz CT molecular complexity index is 721. The summed E-state index contributed by atoms with van der Waals surface area (Å²) in [6.07, 6.45) is 5.27. The highest BCUT2D eigenvalue weighted by Crippen LogP contribution is 2.20. The molecule has 1 atom stereocenters. The Kier molecular flexibility index (Phi) is 5.29. The molecule has 4 rings (SSSR count). The van der Waals surface area contributed by atoms with E-state index in [1.165, 1.54) is 56.8 Å². The van der Waals surface area contributed by atoms with Crippen LogP contribution in [0.25, 0.3) is 11.4 Å². The van der Waals surface area contributed by atoms with Crippen molar-refractivity contribution in [1.82, 2.24) is 24.7 Å². The maximum absolute atomic E-state index is 4.60. The van der Waals surface area contributed by atoms with Crippen LogP contribution in [-0.4, -0.2) is 77.0 Å². The van der Waals surface area contributed by atoms with Gasteiger partial charge in [-0.1, -0.05) is 23.8 Å². The van der Waals surface area contributed by atoms with Crippen LogP contribution in [0.3, 0.4) is 0 Å². The van der Waals surface area contributed by atoms with E-state index in [1.807, 2.05) is 12.4 Å². The Morgan fingerprint density at radius 2 is 1.81 bits per heavy atom. The molecule has 0 N–H and O–H groups in total. The van der Waals surface area contributed by atoms with Gasteiger partial charge in [0.2, 0.25) is 0 Å². The van der Waals surface area contributed by atoms with Gasteiger partial charge in [-0.05, 0) is 26.5 Å². The SMILES string of the molecule is Cc1cccc(-c2ncc(CN3CCC(N4CCN(C)CC4)C3)cn2)c1. The van der Waals surface area contributed by atoms with E-state index < -0.39 is 0 Å². The third-order valence-electron chi connectivity index (χ3n) is 5.69. The third kappa shape index (κ3) is 4.11. The molecule has 2 aliphatic heterocycles. The molecule has 5 nitrogen and oxygen atoms in total. The Labute approximate surface area is 156 Å². The van der Waals surface area contributed by atoms with Gasteiger partial charge < -0.3 is 4.90 Å². The molecule has 26 heavy (non-hydrogen) atoms. The van der Waals surface area contributed by atoms with Crippen LogP contribution in [0.2, 0.25) is 0 Å². The number of benzene rings is 1. The molecule has 5 heteroatoms. The van der Waals surface area contributed by atoms with Crippen LogP contribution in [0, 0.1) is 6.92 Å². The zero-order valence-corrected chi connectivity index (χ0v) is 15.9. The van der Waals surface area contributed by atoms with Gasteiger partial charge >= 0.3 is 0 Å². The standard InChI is InChI=1S/C21H29N5/c1-17-4-3-5-19(12-17)21-22-13-18(14-23-21)15-25-7-6-20(16-25)26-10-8-24(2)9-11-26/h3-5,12-14,20H,6-11,15-16H2,1-2H3. The van der Waals surface area contributed by atoms with Crippen molar-refractivity contribution >= 4 is 0 Å². The van der Waals surface area contributed by atoms with Gasteiger partial charge in [0.05, 0.1) is 0 Å². The predicted octanol–water partition coefficient (Wildman–Crippen LogP) is 2.27. The van der Waals surface area contributed by atoms with E-state index in [-0.39, 0.29) is 0 Å². The number of hydrogen-bond acceptors (Lipinski definition) is 5. The first kappa shape index (κ1) is 17.6. The minimum Gasteiger partial charge on any atom is -0.304 e. The first-order valence-electron chi connectivity index (χ1n) is 9.70. The fourth-order valence-electron chi connectivity index (χ4n) is 4.07. The van der Waals surface area contributed by atoms with E-state index in [4.69, 9.17) is 0 Å². The van der Waals surface area contributed by atoms with Crippen LogP contribution >= 0.6 is 0 Å². The summed E-state index contributed by atoms with van der Waals surface area (Å²) in [4.78, 5) is 16.8. The first-order valence-corrected chi connectivity index (χ1v) is 9.70. The van der Waals surface area contributed by atoms with Gasteiger partial charge in [0.15, 0.2) is 5.82 Å². The molecule has 0 aliphatic carbocycles. The molecule has 2 saturated heterocycles. The highest BCUT2D eigenvalue weighted by Gasteiger charge is 2.29. The largest absolute Gasteiger partial charge is 0.304 e. The molecule has 2 aromatic rings. The minimum atomic E-state index is 0.719. The van der Waals surface area contributed by atoms with E-state index in [2.05, 4.69) is 62.9 Å². The van der Waals surface area contributed by atoms with E-state index >= 15 is 0 Å². The molecule has 0 spiro atoms. The summed E-state index contributed by atoms with van der Waals surface area (Å²) in [5.74, 6) is 0.814. The number of hydrogen-bond donors (Lipinski definition) is 0. The lowest BCUT2D eigenvalue weighted by Crippen LogP contribution is -2.49. The zero-order chi connectivity index (χ0) is 17.9. The summed E-state index contributed by atoms with van der Waals surface area (Å²) >= 11 is 0. The summed E-state index contributed by atoms with van der Waals surface area (Å²) < 4.78 is 0. The lowest BCUT2D eigenvalue weighted by atomic mass is 10.1. The second-order valence-electron chi connectivity index (χ2n) is 7.80. The van der Waals surface area contributed by atoms with Gasteiger partial charge in [-0.3, -0.25) is 9.80 Å². The maximum Gasteiger partial charge on any atom is 0.159 e. The lowest BCUT2D eigenvalue weighted by Gasteiger charge is -2.36. The topological polar surface area (TPSA) is 35.5 Å². The first-order chi connectivity index (χ1) is 12.7. The second-order valence-corrected chi connectivity index (χ2v) is 7.80. The van der Waals surface area contributed by atoms with Gasteiger partial charge in [-0.25, -0.2) is 9.97 Å². The Morgan fingerprint density at radius 1 is 1.04 bits per heavy atom. The second kappa shape index (κ2) is 7.82. The molecule has 1 unspecified atom stereocenters. The van der Waals surface area contributed by atoms with Crippen LogP contribution in [0.5, 0.6) is 0 Å². The molecule has 1 aromatic heterocycles. The monoisotopic (exact) mass is 351 g/mol. The minimum absolute atomic E-state index is 0.719. The summed E-state index contributed by atoms with van der Waals surface area (Å²) in [6.45, 7) is 10.2. The van der Waals surface area contributed by atoms with Crippen molar-refractivity contribution in [1.29, 1.82) is 0 Å². The van der Waals surface area contributed by atoms with E-state index in [0.717, 1.165) is 24.0 Å². The van der Waals surface area contributed by atoms with E-state index in [1.54, 1.807) is 0 Å². The molecule has 3 heterocycles. The van der Waals surface area contributed by atoms with Gasteiger partial charge in [-0.2, -0.15) is 0 Å². The molecule has 0 amide bonds. The normalized spacial score (nSPS) is 22.8. The number of piperazine rings is 1. The van der Waals surface area contributed by atoms with Crippen molar-refractivity contribution in [2.24, 2.45) is 0 Å². The zero-order valence-electron chi connectivity index (χ0n) is 15.9. The van der Waals surface area contributed by atoms with Gasteiger partial charge in [-0.15, -0.1) is 0 Å². The number of likely N-dealkylation sites (N-methyl/N-ethyl adjacent to an activating group) is 1. The van der Waals surface area contributed by atoms with Crippen LogP contribution in [-0.2, 0) is 6.54 Å². The molecule has 138 valence electrons. The van der Waals surface area contributed by atoms with Crippen molar-refractivity contribution in [3.63, 3.8) is 0 Å². The molecule has 1 aromatic carbocycles. The Balaban J connectivity index is 1.33. The molecule has 2 aliphatic rings. The molecule has 0 saturated carbocycles. The third-order valence-corrected chi connectivity index (χ3v) is 5.69. The van der Waals surface area contributed by atoms with Gasteiger partial charge in [0, 0.05) is 75.4 Å². The van der Waals surface area contributed by atoms with E-state index in [9.17, 15) is 0 Å². The lowest BCUT2D eigenvalue weighted by molar-refractivity contribution is 0.112. The van der Waals surface area contributed by atoms with Crippen LogP contribution in [0.15, 0.2) is 36.7 Å². The highest BCUT2D eigenvalue weighted by atomic mass is 15.3. The Morgan fingerprint density at radius 3 is 2.54 bits per heavy atom. The molecular weight excluding hydrogens is 322 g/mol. The van der Waals surface area contributed by atoms with Crippen molar-refractivity contribution < 1.29 is 0 Å². The fourth-order valence-corrected chi connectivity index (χ4v) is 4.07.